The number of nitrogens with one attached hydrogen (secondary N) is 1. The molecular formula is C21H28F3N5O. The molecular weight excluding hydrogens is 395 g/mol. The molecule has 0 saturated heterocycles. The number of aromatic nitrogens is 3. The van der Waals surface area contributed by atoms with Gasteiger partial charge in [0.15, 0.2) is 5.82 Å². The molecule has 0 saturated carbocycles. The molecule has 1 atom stereocenters. The summed E-state index contributed by atoms with van der Waals surface area (Å²) < 4.78 is 40.3. The zero-order valence-electron chi connectivity index (χ0n) is 17.5. The average molecular weight is 423 g/mol. The second-order valence-electron chi connectivity index (χ2n) is 8.23. The van der Waals surface area contributed by atoms with E-state index in [2.05, 4.69) is 38.8 Å². The molecule has 1 aromatic heterocycles. The molecule has 1 amide bonds. The Labute approximate surface area is 174 Å². The van der Waals surface area contributed by atoms with E-state index in [9.17, 15) is 18.0 Å². The second-order valence-corrected chi connectivity index (χ2v) is 8.23. The first kappa shape index (κ1) is 22.3. The Kier molecular flexibility index (Phi) is 6.80. The van der Waals surface area contributed by atoms with Crippen LogP contribution < -0.4 is 5.32 Å². The lowest BCUT2D eigenvalue weighted by Crippen LogP contribution is -2.31. The van der Waals surface area contributed by atoms with E-state index >= 15 is 0 Å². The molecule has 0 bridgehead atoms. The highest BCUT2D eigenvalue weighted by molar-refractivity contribution is 5.73. The normalized spacial score (nSPS) is 16.2. The van der Waals surface area contributed by atoms with Crippen LogP contribution in [0.15, 0.2) is 24.3 Å². The Hall–Kier alpha value is -2.42. The van der Waals surface area contributed by atoms with E-state index in [-0.39, 0.29) is 11.9 Å². The van der Waals surface area contributed by atoms with Gasteiger partial charge in [-0.1, -0.05) is 26.0 Å². The number of alkyl halides is 3. The van der Waals surface area contributed by atoms with E-state index in [1.165, 1.54) is 19.1 Å². The molecule has 1 aromatic carbocycles. The summed E-state index contributed by atoms with van der Waals surface area (Å²) in [5, 5.41) is 11.7. The van der Waals surface area contributed by atoms with Crippen LogP contribution >= 0.6 is 0 Å². The summed E-state index contributed by atoms with van der Waals surface area (Å²) >= 11 is 0. The number of carbonyl (C=O) groups excluding carboxylic acids is 1. The number of benzene rings is 1. The molecule has 9 heteroatoms. The standard InChI is InChI=1S/C21H28F3N5O/c1-14(2)12-18(25-15(3)30)20-27-26-19-8-9-28(10-11-29(19)20)13-16-4-6-17(7-5-16)21(22,23)24/h4-7,14,18H,8-13H2,1-3H3,(H,25,30). The Morgan fingerprint density at radius 3 is 2.43 bits per heavy atom. The third kappa shape index (κ3) is 5.59. The van der Waals surface area contributed by atoms with Crippen LogP contribution in [-0.4, -0.2) is 38.7 Å². The Morgan fingerprint density at radius 1 is 1.13 bits per heavy atom. The molecule has 1 unspecified atom stereocenters. The summed E-state index contributed by atoms with van der Waals surface area (Å²) in [6, 6.07) is 5.14. The fourth-order valence-electron chi connectivity index (χ4n) is 3.81. The first-order valence-electron chi connectivity index (χ1n) is 10.2. The van der Waals surface area contributed by atoms with Gasteiger partial charge in [-0.2, -0.15) is 13.2 Å². The number of fused-ring (bicyclic) bond motifs is 1. The van der Waals surface area contributed by atoms with Crippen molar-refractivity contribution in [2.45, 2.75) is 58.9 Å². The maximum atomic E-state index is 12.8. The Bertz CT molecular complexity index is 861. The predicted molar refractivity (Wildman–Crippen MR) is 106 cm³/mol. The van der Waals surface area contributed by atoms with Crippen molar-refractivity contribution < 1.29 is 18.0 Å². The highest BCUT2D eigenvalue weighted by Crippen LogP contribution is 2.29. The number of rotatable bonds is 6. The first-order valence-corrected chi connectivity index (χ1v) is 10.2. The van der Waals surface area contributed by atoms with E-state index in [4.69, 9.17) is 0 Å². The summed E-state index contributed by atoms with van der Waals surface area (Å²) in [6.07, 6.45) is -2.85. The molecule has 0 radical (unpaired) electrons. The van der Waals surface area contributed by atoms with Crippen molar-refractivity contribution in [2.75, 3.05) is 13.1 Å². The van der Waals surface area contributed by atoms with E-state index in [1.54, 1.807) is 0 Å². The summed E-state index contributed by atoms with van der Waals surface area (Å²) in [6.45, 7) is 8.42. The largest absolute Gasteiger partial charge is 0.416 e. The van der Waals surface area contributed by atoms with Gasteiger partial charge in [-0.3, -0.25) is 9.69 Å². The average Bonchev–Trinajstić information content (AvgIpc) is 2.95. The minimum Gasteiger partial charge on any atom is -0.346 e. The van der Waals surface area contributed by atoms with Crippen molar-refractivity contribution in [1.29, 1.82) is 0 Å². The number of nitrogens with zero attached hydrogens (tertiary/aromatic N) is 4. The lowest BCUT2D eigenvalue weighted by molar-refractivity contribution is -0.137. The molecule has 2 aromatic rings. The molecule has 30 heavy (non-hydrogen) atoms. The van der Waals surface area contributed by atoms with Crippen molar-refractivity contribution in [2.24, 2.45) is 5.92 Å². The van der Waals surface area contributed by atoms with E-state index in [0.717, 1.165) is 48.9 Å². The topological polar surface area (TPSA) is 63.1 Å². The van der Waals surface area contributed by atoms with Gasteiger partial charge in [0, 0.05) is 39.5 Å². The molecule has 3 rings (SSSR count). The Morgan fingerprint density at radius 2 is 1.83 bits per heavy atom. The van der Waals surface area contributed by atoms with Gasteiger partial charge in [0.1, 0.15) is 5.82 Å². The van der Waals surface area contributed by atoms with Crippen LogP contribution in [0.25, 0.3) is 0 Å². The summed E-state index contributed by atoms with van der Waals surface area (Å²) in [5.74, 6) is 1.93. The lowest BCUT2D eigenvalue weighted by Gasteiger charge is -2.22. The SMILES string of the molecule is CC(=O)NC(CC(C)C)c1nnc2n1CCN(Cc1ccc(C(F)(F)F)cc1)CC2. The smallest absolute Gasteiger partial charge is 0.346 e. The monoisotopic (exact) mass is 423 g/mol. The molecule has 1 N–H and O–H groups in total. The van der Waals surface area contributed by atoms with Crippen molar-refractivity contribution >= 4 is 5.91 Å². The lowest BCUT2D eigenvalue weighted by atomic mass is 10.0. The fraction of sp³-hybridized carbons (Fsp3) is 0.571. The minimum atomic E-state index is -4.32. The molecule has 0 fully saturated rings. The van der Waals surface area contributed by atoms with Crippen molar-refractivity contribution in [3.05, 3.63) is 47.0 Å². The number of halogens is 3. The molecule has 2 heterocycles. The first-order chi connectivity index (χ1) is 14.1. The van der Waals surface area contributed by atoms with Crippen LogP contribution in [-0.2, 0) is 30.5 Å². The van der Waals surface area contributed by atoms with Crippen molar-refractivity contribution in [3.8, 4) is 0 Å². The zero-order chi connectivity index (χ0) is 21.9. The predicted octanol–water partition coefficient (Wildman–Crippen LogP) is 3.58. The van der Waals surface area contributed by atoms with Crippen LogP contribution in [0, 0.1) is 5.92 Å². The van der Waals surface area contributed by atoms with Gasteiger partial charge in [0.05, 0.1) is 11.6 Å². The highest BCUT2D eigenvalue weighted by atomic mass is 19.4. The zero-order valence-corrected chi connectivity index (χ0v) is 17.5. The van der Waals surface area contributed by atoms with Crippen LogP contribution in [0.1, 0.15) is 56.0 Å². The summed E-state index contributed by atoms with van der Waals surface area (Å²) in [4.78, 5) is 13.9. The third-order valence-electron chi connectivity index (χ3n) is 5.23. The number of hydrogen-bond donors (Lipinski definition) is 1. The van der Waals surface area contributed by atoms with Gasteiger partial charge in [0.25, 0.3) is 0 Å². The van der Waals surface area contributed by atoms with Gasteiger partial charge in [-0.25, -0.2) is 0 Å². The van der Waals surface area contributed by atoms with E-state index < -0.39 is 11.7 Å². The highest BCUT2D eigenvalue weighted by Gasteiger charge is 2.30. The number of amides is 1. The minimum absolute atomic E-state index is 0.101. The van der Waals surface area contributed by atoms with Gasteiger partial charge in [-0.05, 0) is 30.0 Å². The van der Waals surface area contributed by atoms with E-state index in [1.807, 2.05) is 0 Å². The second kappa shape index (κ2) is 9.16. The number of hydrogen-bond acceptors (Lipinski definition) is 4. The van der Waals surface area contributed by atoms with Crippen LogP contribution in [0.3, 0.4) is 0 Å². The molecule has 1 aliphatic rings. The van der Waals surface area contributed by atoms with Crippen molar-refractivity contribution in [3.63, 3.8) is 0 Å². The quantitative estimate of drug-likeness (QED) is 0.772. The van der Waals surface area contributed by atoms with Gasteiger partial charge in [0.2, 0.25) is 5.91 Å². The maximum absolute atomic E-state index is 12.8. The molecule has 6 nitrogen and oxygen atoms in total. The Balaban J connectivity index is 1.69. The molecule has 0 aliphatic carbocycles. The van der Waals surface area contributed by atoms with E-state index in [0.29, 0.717) is 25.4 Å². The van der Waals surface area contributed by atoms with Gasteiger partial charge in [-0.15, -0.1) is 10.2 Å². The number of carbonyl (C=O) groups is 1. The van der Waals surface area contributed by atoms with Crippen LogP contribution in [0.2, 0.25) is 0 Å². The third-order valence-corrected chi connectivity index (χ3v) is 5.23. The maximum Gasteiger partial charge on any atom is 0.416 e. The summed E-state index contributed by atoms with van der Waals surface area (Å²) in [5.41, 5.74) is 0.212. The van der Waals surface area contributed by atoms with Gasteiger partial charge < -0.3 is 9.88 Å². The van der Waals surface area contributed by atoms with Crippen LogP contribution in [0.4, 0.5) is 13.2 Å². The van der Waals surface area contributed by atoms with Crippen molar-refractivity contribution in [1.82, 2.24) is 25.0 Å². The fourth-order valence-corrected chi connectivity index (χ4v) is 3.81. The van der Waals surface area contributed by atoms with Crippen LogP contribution in [0.5, 0.6) is 0 Å². The van der Waals surface area contributed by atoms with Gasteiger partial charge >= 0.3 is 6.18 Å². The molecule has 0 spiro atoms. The molecule has 1 aliphatic heterocycles. The summed E-state index contributed by atoms with van der Waals surface area (Å²) in [7, 11) is 0. The molecule has 164 valence electrons.